The van der Waals surface area contributed by atoms with Gasteiger partial charge in [-0.05, 0) is 53.7 Å². The van der Waals surface area contributed by atoms with Gasteiger partial charge in [-0.3, -0.25) is 8.98 Å². The van der Waals surface area contributed by atoms with E-state index in [4.69, 9.17) is 18.4 Å². The first-order valence-corrected chi connectivity index (χ1v) is 13.0. The Labute approximate surface area is 205 Å². The van der Waals surface area contributed by atoms with Crippen molar-refractivity contribution in [2.45, 2.75) is 70.1 Å². The first-order chi connectivity index (χ1) is 16.3. The van der Waals surface area contributed by atoms with Crippen molar-refractivity contribution >= 4 is 28.1 Å². The van der Waals surface area contributed by atoms with Crippen molar-refractivity contribution in [3.05, 3.63) is 29.8 Å². The Bertz CT molecular complexity index is 1080. The number of hydrogen-bond donors (Lipinski definition) is 1. The van der Waals surface area contributed by atoms with Crippen LogP contribution < -0.4 is 5.32 Å². The van der Waals surface area contributed by atoms with Crippen molar-refractivity contribution in [2.24, 2.45) is 17.8 Å². The van der Waals surface area contributed by atoms with Gasteiger partial charge in [0.25, 0.3) is 10.1 Å². The summed E-state index contributed by atoms with van der Waals surface area (Å²) < 4.78 is 47.4. The van der Waals surface area contributed by atoms with Crippen molar-refractivity contribution in [1.29, 1.82) is 0 Å². The van der Waals surface area contributed by atoms with E-state index in [0.29, 0.717) is 0 Å². The smallest absolute Gasteiger partial charge is 0.408 e. The number of esters is 2. The van der Waals surface area contributed by atoms with Gasteiger partial charge in [-0.15, -0.1) is 0 Å². The molecule has 1 aromatic rings. The Morgan fingerprint density at radius 3 is 2.20 bits per heavy atom. The van der Waals surface area contributed by atoms with E-state index in [1.165, 1.54) is 12.1 Å². The largest absolute Gasteiger partial charge is 0.466 e. The second-order valence-corrected chi connectivity index (χ2v) is 11.4. The zero-order chi connectivity index (χ0) is 26.2. The Balaban J connectivity index is 1.97. The van der Waals surface area contributed by atoms with E-state index in [0.717, 1.165) is 5.56 Å². The third-order valence-electron chi connectivity index (χ3n) is 6.08. The van der Waals surface area contributed by atoms with E-state index >= 15 is 0 Å². The number of rotatable bonds is 8. The molecule has 1 N–H and O–H groups in total. The number of carbonyl (C=O) groups is 3. The van der Waals surface area contributed by atoms with Crippen LogP contribution in [-0.2, 0) is 38.1 Å². The summed E-state index contributed by atoms with van der Waals surface area (Å²) in [6.07, 6.45) is -2.16. The lowest BCUT2D eigenvalue weighted by Crippen LogP contribution is -2.58. The fourth-order valence-corrected chi connectivity index (χ4v) is 5.84. The maximum Gasteiger partial charge on any atom is 0.408 e. The maximum atomic E-state index is 13.2. The van der Waals surface area contributed by atoms with E-state index < -0.39 is 63.1 Å². The summed E-state index contributed by atoms with van der Waals surface area (Å²) in [7, 11) is -4.22. The number of hydrogen-bond acceptors (Lipinski definition) is 9. The molecule has 0 heterocycles. The fraction of sp³-hybridized carbons (Fsp3) is 0.625. The predicted molar refractivity (Wildman–Crippen MR) is 124 cm³/mol. The monoisotopic (exact) mass is 511 g/mol. The SMILES string of the molecule is CCOC(=O)[C@H]1[C@H]2[C@@H]1[C@](NC(=O)OC(C)(C)C)(C(=O)OCC)C[C@@H]2OS(=O)(=O)c1ccc(C)cc1. The number of fused-ring (bicyclic) bond motifs is 1. The van der Waals surface area contributed by atoms with Crippen LogP contribution in [0.5, 0.6) is 0 Å². The molecule has 0 aliphatic heterocycles. The Morgan fingerprint density at radius 2 is 1.66 bits per heavy atom. The Morgan fingerprint density at radius 1 is 1.06 bits per heavy atom. The molecule has 3 rings (SSSR count). The second-order valence-electron chi connectivity index (χ2n) is 9.81. The Kier molecular flexibility index (Phi) is 7.52. The van der Waals surface area contributed by atoms with Crippen LogP contribution in [0.25, 0.3) is 0 Å². The molecule has 0 aromatic heterocycles. The number of amides is 1. The van der Waals surface area contributed by atoms with Crippen LogP contribution in [0.4, 0.5) is 4.79 Å². The highest BCUT2D eigenvalue weighted by molar-refractivity contribution is 7.86. The lowest BCUT2D eigenvalue weighted by Gasteiger charge is -2.33. The zero-order valence-corrected chi connectivity index (χ0v) is 21.6. The van der Waals surface area contributed by atoms with Crippen molar-refractivity contribution in [3.63, 3.8) is 0 Å². The number of ether oxygens (including phenoxy) is 3. The minimum atomic E-state index is -4.22. The fourth-order valence-electron chi connectivity index (χ4n) is 4.74. The highest BCUT2D eigenvalue weighted by Crippen LogP contribution is 2.64. The van der Waals surface area contributed by atoms with Gasteiger partial charge < -0.3 is 19.5 Å². The van der Waals surface area contributed by atoms with Gasteiger partial charge in [-0.25, -0.2) is 9.59 Å². The number of aryl methyl sites for hydroxylation is 1. The van der Waals surface area contributed by atoms with Gasteiger partial charge in [0.15, 0.2) is 0 Å². The summed E-state index contributed by atoms with van der Waals surface area (Å²) >= 11 is 0. The highest BCUT2D eigenvalue weighted by atomic mass is 32.2. The maximum absolute atomic E-state index is 13.2. The summed E-state index contributed by atoms with van der Waals surface area (Å²) in [5, 5.41) is 2.60. The normalized spacial score (nSPS) is 27.5. The summed E-state index contributed by atoms with van der Waals surface area (Å²) in [5.74, 6) is -3.67. The number of nitrogens with one attached hydrogen (secondary N) is 1. The molecule has 0 unspecified atom stereocenters. The molecule has 1 aromatic carbocycles. The molecular weight excluding hydrogens is 478 g/mol. The molecule has 0 radical (unpaired) electrons. The van der Waals surface area contributed by atoms with Crippen molar-refractivity contribution in [1.82, 2.24) is 5.32 Å². The second kappa shape index (κ2) is 9.77. The number of carbonyl (C=O) groups excluding carboxylic acids is 3. The van der Waals surface area contributed by atoms with Gasteiger partial charge in [0.2, 0.25) is 0 Å². The zero-order valence-electron chi connectivity index (χ0n) is 20.8. The number of alkyl carbamates (subject to hydrolysis) is 1. The van der Waals surface area contributed by atoms with E-state index in [1.54, 1.807) is 46.8 Å². The topological polar surface area (TPSA) is 134 Å². The van der Waals surface area contributed by atoms with E-state index in [1.807, 2.05) is 6.92 Å². The highest BCUT2D eigenvalue weighted by Gasteiger charge is 2.77. The molecule has 0 saturated heterocycles. The van der Waals surface area contributed by atoms with Crippen LogP contribution in [0, 0.1) is 24.7 Å². The van der Waals surface area contributed by atoms with E-state index in [9.17, 15) is 22.8 Å². The van der Waals surface area contributed by atoms with Crippen LogP contribution in [-0.4, -0.2) is 56.9 Å². The molecule has 194 valence electrons. The van der Waals surface area contributed by atoms with Crippen LogP contribution in [0.2, 0.25) is 0 Å². The van der Waals surface area contributed by atoms with E-state index in [-0.39, 0.29) is 24.5 Å². The summed E-state index contributed by atoms with van der Waals surface area (Å²) in [5.41, 5.74) is -1.70. The average Bonchev–Trinajstić information content (AvgIpc) is 3.41. The molecule has 2 fully saturated rings. The van der Waals surface area contributed by atoms with Gasteiger partial charge in [0.1, 0.15) is 11.1 Å². The first kappa shape index (κ1) is 26.9. The van der Waals surface area contributed by atoms with E-state index in [2.05, 4.69) is 5.32 Å². The summed E-state index contributed by atoms with van der Waals surface area (Å²) in [6.45, 7) is 10.2. The molecule has 2 aliphatic rings. The van der Waals surface area contributed by atoms with Crippen molar-refractivity contribution in [3.8, 4) is 0 Å². The molecule has 11 heteroatoms. The van der Waals surface area contributed by atoms with Crippen molar-refractivity contribution in [2.75, 3.05) is 13.2 Å². The third-order valence-corrected chi connectivity index (χ3v) is 7.43. The van der Waals surface area contributed by atoms with Crippen LogP contribution in [0.3, 0.4) is 0 Å². The minimum absolute atomic E-state index is 0.0191. The molecule has 0 bridgehead atoms. The first-order valence-electron chi connectivity index (χ1n) is 11.6. The molecule has 0 spiro atoms. The van der Waals surface area contributed by atoms with Gasteiger partial charge in [-0.2, -0.15) is 8.42 Å². The summed E-state index contributed by atoms with van der Waals surface area (Å²) in [6, 6.07) is 6.12. The van der Waals surface area contributed by atoms with Gasteiger partial charge >= 0.3 is 18.0 Å². The van der Waals surface area contributed by atoms with Gasteiger partial charge in [-0.1, -0.05) is 17.7 Å². The van der Waals surface area contributed by atoms with Crippen LogP contribution >= 0.6 is 0 Å². The van der Waals surface area contributed by atoms with Gasteiger partial charge in [0, 0.05) is 18.3 Å². The molecule has 1 amide bonds. The minimum Gasteiger partial charge on any atom is -0.466 e. The predicted octanol–water partition coefficient (Wildman–Crippen LogP) is 2.72. The standard InChI is InChI=1S/C24H33NO9S/c1-7-31-20(26)18-17-16(34-35(29,30)15-11-9-14(3)10-12-15)13-24(19(17)18,21(27)32-8-2)25-22(28)33-23(4,5)6/h9-12,16-19H,7-8,13H2,1-6H3,(H,25,28)/t16-,17-,18-,19-,24-/m0/s1. The summed E-state index contributed by atoms with van der Waals surface area (Å²) in [4.78, 5) is 38.6. The van der Waals surface area contributed by atoms with Gasteiger partial charge in [0.05, 0.1) is 30.1 Å². The third kappa shape index (κ3) is 5.61. The molecule has 5 atom stereocenters. The molecular formula is C24H33NO9S. The molecule has 35 heavy (non-hydrogen) atoms. The Hall–Kier alpha value is -2.66. The molecule has 10 nitrogen and oxygen atoms in total. The van der Waals surface area contributed by atoms with Crippen molar-refractivity contribution < 1.29 is 41.2 Å². The lowest BCUT2D eigenvalue weighted by molar-refractivity contribution is -0.154. The number of benzene rings is 1. The molecule has 2 saturated carbocycles. The molecule has 2 aliphatic carbocycles. The lowest BCUT2D eigenvalue weighted by atomic mass is 9.89. The van der Waals surface area contributed by atoms with Crippen LogP contribution in [0.15, 0.2) is 29.2 Å². The van der Waals surface area contributed by atoms with Crippen LogP contribution in [0.1, 0.15) is 46.6 Å². The quantitative estimate of drug-likeness (QED) is 0.317. The average molecular weight is 512 g/mol.